The summed E-state index contributed by atoms with van der Waals surface area (Å²) in [5, 5.41) is 15.3. The molecule has 5 nitrogen and oxygen atoms in total. The summed E-state index contributed by atoms with van der Waals surface area (Å²) in [6.07, 6.45) is -5.61. The smallest absolute Gasteiger partial charge is 0.438 e. The number of ether oxygens (including phenoxy) is 1. The van der Waals surface area contributed by atoms with Crippen molar-refractivity contribution in [2.75, 3.05) is 12.1 Å². The second-order valence-electron chi connectivity index (χ2n) is 6.55. The molecule has 1 atom stereocenters. The molecule has 1 aliphatic rings. The Morgan fingerprint density at radius 3 is 2.54 bits per heavy atom. The van der Waals surface area contributed by atoms with Gasteiger partial charge in [0.05, 0.1) is 29.5 Å². The molecule has 0 amide bonds. The number of aromatic nitrogens is 1. The zero-order chi connectivity index (χ0) is 20.1. The SMILES string of the molecule is COc1ccc(C2=NN(c3nc4ccc(C)cc4s3)C(O)(C(F)(F)F)C2)cc1. The molecule has 9 heteroatoms. The van der Waals surface area contributed by atoms with Crippen LogP contribution >= 0.6 is 11.3 Å². The van der Waals surface area contributed by atoms with Gasteiger partial charge in [0, 0.05) is 0 Å². The molecule has 0 spiro atoms. The lowest BCUT2D eigenvalue weighted by Crippen LogP contribution is -2.55. The van der Waals surface area contributed by atoms with Crippen molar-refractivity contribution in [1.82, 2.24) is 4.98 Å². The largest absolute Gasteiger partial charge is 0.497 e. The molecule has 1 unspecified atom stereocenters. The van der Waals surface area contributed by atoms with Gasteiger partial charge in [-0.1, -0.05) is 17.4 Å². The molecule has 1 aliphatic heterocycles. The number of anilines is 1. The Hall–Kier alpha value is -2.65. The van der Waals surface area contributed by atoms with E-state index in [2.05, 4.69) is 10.1 Å². The maximum Gasteiger partial charge on any atom is 0.438 e. The van der Waals surface area contributed by atoms with Crippen LogP contribution in [0.15, 0.2) is 47.6 Å². The third-order valence-electron chi connectivity index (χ3n) is 4.58. The molecule has 2 heterocycles. The molecule has 2 aromatic carbocycles. The van der Waals surface area contributed by atoms with Gasteiger partial charge in [-0.05, 0) is 54.4 Å². The first-order chi connectivity index (χ1) is 13.2. The minimum absolute atomic E-state index is 0.0102. The van der Waals surface area contributed by atoms with Gasteiger partial charge in [0.1, 0.15) is 5.75 Å². The number of nitrogens with zero attached hydrogens (tertiary/aromatic N) is 3. The van der Waals surface area contributed by atoms with E-state index >= 15 is 0 Å². The molecule has 1 aromatic heterocycles. The average Bonchev–Trinajstić information content (AvgIpc) is 3.22. The first-order valence-corrected chi connectivity index (χ1v) is 9.21. The van der Waals surface area contributed by atoms with Gasteiger partial charge in [-0.25, -0.2) is 4.98 Å². The number of hydrogen-bond acceptors (Lipinski definition) is 6. The summed E-state index contributed by atoms with van der Waals surface area (Å²) in [5.74, 6) is 0.576. The summed E-state index contributed by atoms with van der Waals surface area (Å²) in [7, 11) is 1.50. The van der Waals surface area contributed by atoms with E-state index in [1.165, 1.54) is 7.11 Å². The number of hydrogen-bond donors (Lipinski definition) is 1. The van der Waals surface area contributed by atoms with Crippen molar-refractivity contribution in [3.05, 3.63) is 53.6 Å². The van der Waals surface area contributed by atoms with Crippen LogP contribution < -0.4 is 9.75 Å². The normalized spacial score (nSPS) is 19.9. The highest BCUT2D eigenvalue weighted by molar-refractivity contribution is 7.22. The summed E-state index contributed by atoms with van der Waals surface area (Å²) in [4.78, 5) is 4.26. The van der Waals surface area contributed by atoms with E-state index in [-0.39, 0.29) is 10.8 Å². The van der Waals surface area contributed by atoms with E-state index in [4.69, 9.17) is 4.74 Å². The molecule has 0 saturated carbocycles. The van der Waals surface area contributed by atoms with Crippen LogP contribution in [0.5, 0.6) is 5.75 Å². The molecule has 0 radical (unpaired) electrons. The third-order valence-corrected chi connectivity index (χ3v) is 5.57. The minimum atomic E-state index is -4.92. The summed E-state index contributed by atoms with van der Waals surface area (Å²) in [5.41, 5.74) is -1.03. The van der Waals surface area contributed by atoms with Crippen LogP contribution in [0.2, 0.25) is 0 Å². The van der Waals surface area contributed by atoms with Crippen molar-refractivity contribution in [1.29, 1.82) is 0 Å². The fourth-order valence-electron chi connectivity index (χ4n) is 3.02. The fourth-order valence-corrected chi connectivity index (χ4v) is 4.10. The third kappa shape index (κ3) is 3.00. The molecule has 0 fully saturated rings. The maximum absolute atomic E-state index is 13.8. The molecule has 0 aliphatic carbocycles. The summed E-state index contributed by atoms with van der Waals surface area (Å²) in [6, 6.07) is 11.9. The number of methoxy groups -OCH3 is 1. The lowest BCUT2D eigenvalue weighted by atomic mass is 10.0. The van der Waals surface area contributed by atoms with Crippen LogP contribution in [0.1, 0.15) is 17.5 Å². The highest BCUT2D eigenvalue weighted by Gasteiger charge is 2.62. The Labute approximate surface area is 162 Å². The second-order valence-corrected chi connectivity index (χ2v) is 7.55. The molecule has 1 N–H and O–H groups in total. The number of fused-ring (bicyclic) bond motifs is 1. The lowest BCUT2D eigenvalue weighted by Gasteiger charge is -2.32. The number of benzene rings is 2. The second kappa shape index (κ2) is 6.46. The van der Waals surface area contributed by atoms with Gasteiger partial charge in [-0.3, -0.25) is 0 Å². The van der Waals surface area contributed by atoms with Gasteiger partial charge in [-0.2, -0.15) is 23.3 Å². The molecule has 3 aromatic rings. The van der Waals surface area contributed by atoms with Crippen LogP contribution in [0.25, 0.3) is 10.2 Å². The van der Waals surface area contributed by atoms with E-state index in [9.17, 15) is 18.3 Å². The number of aliphatic hydroxyl groups is 1. The van der Waals surface area contributed by atoms with Crippen molar-refractivity contribution in [2.24, 2.45) is 5.10 Å². The maximum atomic E-state index is 13.8. The van der Waals surface area contributed by atoms with Gasteiger partial charge in [0.25, 0.3) is 5.72 Å². The van der Waals surface area contributed by atoms with Crippen molar-refractivity contribution in [3.63, 3.8) is 0 Å². The molecule has 146 valence electrons. The minimum Gasteiger partial charge on any atom is -0.497 e. The van der Waals surface area contributed by atoms with Crippen LogP contribution in [0.3, 0.4) is 0 Å². The van der Waals surface area contributed by atoms with Crippen LogP contribution in [-0.2, 0) is 0 Å². The lowest BCUT2D eigenvalue weighted by molar-refractivity contribution is -0.254. The topological polar surface area (TPSA) is 58.0 Å². The van der Waals surface area contributed by atoms with Gasteiger partial charge in [-0.15, -0.1) is 0 Å². The quantitative estimate of drug-likeness (QED) is 0.696. The first-order valence-electron chi connectivity index (χ1n) is 8.40. The van der Waals surface area contributed by atoms with Crippen LogP contribution in [-0.4, -0.2) is 34.8 Å². The zero-order valence-corrected chi connectivity index (χ0v) is 15.8. The number of thiazole rings is 1. The Morgan fingerprint density at radius 2 is 1.89 bits per heavy atom. The van der Waals surface area contributed by atoms with Crippen molar-refractivity contribution in [2.45, 2.75) is 25.2 Å². The van der Waals surface area contributed by atoms with Gasteiger partial charge < -0.3 is 9.84 Å². The number of aryl methyl sites for hydroxylation is 1. The molecule has 28 heavy (non-hydrogen) atoms. The first kappa shape index (κ1) is 18.7. The zero-order valence-electron chi connectivity index (χ0n) is 15.0. The van der Waals surface area contributed by atoms with Crippen LogP contribution in [0, 0.1) is 6.92 Å². The van der Waals surface area contributed by atoms with E-state index in [1.54, 1.807) is 30.3 Å². The molecular weight excluding hydrogens is 391 g/mol. The highest BCUT2D eigenvalue weighted by Crippen LogP contribution is 2.45. The van der Waals surface area contributed by atoms with E-state index in [0.717, 1.165) is 21.6 Å². The number of rotatable bonds is 3. The highest BCUT2D eigenvalue weighted by atomic mass is 32.1. The predicted octanol–water partition coefficient (Wildman–Crippen LogP) is 4.48. The molecule has 4 rings (SSSR count). The number of alkyl halides is 3. The summed E-state index contributed by atoms with van der Waals surface area (Å²) >= 11 is 1.06. The fraction of sp³-hybridized carbons (Fsp3) is 0.263. The predicted molar refractivity (Wildman–Crippen MR) is 102 cm³/mol. The molecule has 0 bridgehead atoms. The van der Waals surface area contributed by atoms with Gasteiger partial charge in [0.2, 0.25) is 5.13 Å². The van der Waals surface area contributed by atoms with Crippen molar-refractivity contribution in [3.8, 4) is 5.75 Å². The summed E-state index contributed by atoms with van der Waals surface area (Å²) < 4.78 is 47.2. The van der Waals surface area contributed by atoms with Crippen LogP contribution in [0.4, 0.5) is 18.3 Å². The standard InChI is InChI=1S/C19H16F3N3O2S/c1-11-3-8-14-16(9-11)28-17(23-14)25-18(26,19(20,21)22)10-15(24-25)12-4-6-13(27-2)7-5-12/h3-9,26H,10H2,1-2H3. The average molecular weight is 407 g/mol. The number of halogens is 3. The van der Waals surface area contributed by atoms with Crippen molar-refractivity contribution >= 4 is 32.4 Å². The molecule has 0 saturated heterocycles. The summed E-state index contributed by atoms with van der Waals surface area (Å²) in [6.45, 7) is 1.89. The van der Waals surface area contributed by atoms with Gasteiger partial charge >= 0.3 is 6.18 Å². The van der Waals surface area contributed by atoms with E-state index in [0.29, 0.717) is 21.8 Å². The number of hydrazone groups is 1. The monoisotopic (exact) mass is 407 g/mol. The Balaban J connectivity index is 1.80. The molecular formula is C19H16F3N3O2S. The Kier molecular flexibility index (Phi) is 4.31. The Morgan fingerprint density at radius 1 is 1.18 bits per heavy atom. The van der Waals surface area contributed by atoms with Gasteiger partial charge in [0.15, 0.2) is 0 Å². The van der Waals surface area contributed by atoms with E-state index in [1.807, 2.05) is 19.1 Å². The van der Waals surface area contributed by atoms with E-state index < -0.39 is 18.3 Å². The van der Waals surface area contributed by atoms with Crippen molar-refractivity contribution < 1.29 is 23.0 Å². The Bertz CT molecular complexity index is 1060.